The van der Waals surface area contributed by atoms with E-state index in [0.29, 0.717) is 5.56 Å². The molecule has 1 aromatic rings. The van der Waals surface area contributed by atoms with Gasteiger partial charge in [0, 0.05) is 5.92 Å². The molecule has 1 atom stereocenters. The monoisotopic (exact) mass is 225 g/mol. The maximum atomic E-state index is 13.8. The molecule has 0 spiro atoms. The molecule has 3 N–H and O–H groups in total. The number of hydrogen-bond acceptors (Lipinski definition) is 2. The Balaban J connectivity index is 3.14. The van der Waals surface area contributed by atoms with Crippen molar-refractivity contribution in [3.63, 3.8) is 0 Å². The molecule has 0 saturated heterocycles. The topological polar surface area (TPSA) is 63.3 Å². The molecule has 1 unspecified atom stereocenters. The summed E-state index contributed by atoms with van der Waals surface area (Å²) in [7, 11) is 0. The number of carbonyl (C=O) groups is 1. The van der Waals surface area contributed by atoms with Crippen molar-refractivity contribution in [3.8, 4) is 0 Å². The summed E-state index contributed by atoms with van der Waals surface area (Å²) in [4.78, 5) is 10.7. The molecule has 4 heteroatoms. The lowest BCUT2D eigenvalue weighted by molar-refractivity contribution is -0.137. The Hall–Kier alpha value is -1.42. The smallest absolute Gasteiger partial charge is 0.304 e. The summed E-state index contributed by atoms with van der Waals surface area (Å²) < 4.78 is 13.8. The standard InChI is InChI=1S/C12H16FNO2/c1-7-3-8(2)12(10(13)4-7)9(6-14)5-11(15)16/h3-4,9H,5-6,14H2,1-2H3,(H,15,16). The molecule has 0 aromatic heterocycles. The molecule has 0 heterocycles. The van der Waals surface area contributed by atoms with Crippen molar-refractivity contribution in [2.45, 2.75) is 26.2 Å². The van der Waals surface area contributed by atoms with Crippen LogP contribution in [-0.4, -0.2) is 17.6 Å². The highest BCUT2D eigenvalue weighted by Gasteiger charge is 2.19. The van der Waals surface area contributed by atoms with E-state index in [9.17, 15) is 9.18 Å². The summed E-state index contributed by atoms with van der Waals surface area (Å²) in [5.74, 6) is -1.79. The molecule has 0 aliphatic rings. The zero-order chi connectivity index (χ0) is 12.3. The van der Waals surface area contributed by atoms with Gasteiger partial charge in [0.25, 0.3) is 0 Å². The van der Waals surface area contributed by atoms with Crippen LogP contribution in [0.3, 0.4) is 0 Å². The van der Waals surface area contributed by atoms with E-state index < -0.39 is 11.9 Å². The van der Waals surface area contributed by atoms with Gasteiger partial charge in [0.1, 0.15) is 5.82 Å². The summed E-state index contributed by atoms with van der Waals surface area (Å²) in [5.41, 5.74) is 7.51. The number of hydrogen-bond donors (Lipinski definition) is 2. The number of rotatable bonds is 4. The van der Waals surface area contributed by atoms with Gasteiger partial charge in [-0.15, -0.1) is 0 Å². The van der Waals surface area contributed by atoms with Gasteiger partial charge >= 0.3 is 5.97 Å². The third-order valence-electron chi connectivity index (χ3n) is 2.59. The molecule has 88 valence electrons. The number of benzene rings is 1. The molecule has 0 radical (unpaired) electrons. The minimum atomic E-state index is -0.963. The van der Waals surface area contributed by atoms with Crippen molar-refractivity contribution >= 4 is 5.97 Å². The first-order valence-electron chi connectivity index (χ1n) is 5.14. The van der Waals surface area contributed by atoms with Crippen molar-refractivity contribution in [3.05, 3.63) is 34.6 Å². The SMILES string of the molecule is Cc1cc(C)c(C(CN)CC(=O)O)c(F)c1. The van der Waals surface area contributed by atoms with Crippen molar-refractivity contribution in [2.24, 2.45) is 5.73 Å². The van der Waals surface area contributed by atoms with Gasteiger partial charge in [0.15, 0.2) is 0 Å². The van der Waals surface area contributed by atoms with E-state index in [1.54, 1.807) is 13.8 Å². The molecule has 3 nitrogen and oxygen atoms in total. The molecular weight excluding hydrogens is 209 g/mol. The van der Waals surface area contributed by atoms with Gasteiger partial charge in [-0.25, -0.2) is 4.39 Å². The molecular formula is C12H16FNO2. The Morgan fingerprint density at radius 3 is 2.56 bits per heavy atom. The fraction of sp³-hybridized carbons (Fsp3) is 0.417. The molecule has 0 bridgehead atoms. The number of nitrogens with two attached hydrogens (primary N) is 1. The molecule has 0 fully saturated rings. The third-order valence-corrected chi connectivity index (χ3v) is 2.59. The van der Waals surface area contributed by atoms with Crippen LogP contribution in [0.2, 0.25) is 0 Å². The van der Waals surface area contributed by atoms with Gasteiger partial charge in [0.2, 0.25) is 0 Å². The number of aryl methyl sites for hydroxylation is 2. The van der Waals surface area contributed by atoms with Gasteiger partial charge in [-0.05, 0) is 43.1 Å². The Morgan fingerprint density at radius 1 is 1.50 bits per heavy atom. The van der Waals surface area contributed by atoms with Gasteiger partial charge in [-0.2, -0.15) is 0 Å². The van der Waals surface area contributed by atoms with Crippen LogP contribution in [0.15, 0.2) is 12.1 Å². The van der Waals surface area contributed by atoms with E-state index in [2.05, 4.69) is 0 Å². The molecule has 1 rings (SSSR count). The number of aliphatic carboxylic acids is 1. The molecule has 0 amide bonds. The van der Waals surface area contributed by atoms with Crippen LogP contribution in [0.4, 0.5) is 4.39 Å². The van der Waals surface area contributed by atoms with Gasteiger partial charge < -0.3 is 10.8 Å². The van der Waals surface area contributed by atoms with Crippen LogP contribution >= 0.6 is 0 Å². The van der Waals surface area contributed by atoms with Crippen LogP contribution in [0.1, 0.15) is 29.0 Å². The fourth-order valence-corrected chi connectivity index (χ4v) is 1.96. The van der Waals surface area contributed by atoms with Crippen molar-refractivity contribution in [2.75, 3.05) is 6.54 Å². The maximum absolute atomic E-state index is 13.8. The second-order valence-corrected chi connectivity index (χ2v) is 4.01. The lowest BCUT2D eigenvalue weighted by atomic mass is 9.90. The van der Waals surface area contributed by atoms with Gasteiger partial charge in [-0.1, -0.05) is 6.07 Å². The van der Waals surface area contributed by atoms with E-state index in [1.165, 1.54) is 6.07 Å². The first-order valence-corrected chi connectivity index (χ1v) is 5.14. The average Bonchev–Trinajstić information content (AvgIpc) is 2.13. The normalized spacial score (nSPS) is 12.5. The summed E-state index contributed by atoms with van der Waals surface area (Å²) in [5, 5.41) is 8.73. The average molecular weight is 225 g/mol. The lowest BCUT2D eigenvalue weighted by Crippen LogP contribution is -2.18. The Bertz CT molecular complexity index is 381. The highest BCUT2D eigenvalue weighted by molar-refractivity contribution is 5.68. The minimum Gasteiger partial charge on any atom is -0.481 e. The second-order valence-electron chi connectivity index (χ2n) is 4.01. The maximum Gasteiger partial charge on any atom is 0.304 e. The highest BCUT2D eigenvalue weighted by Crippen LogP contribution is 2.26. The van der Waals surface area contributed by atoms with Crippen molar-refractivity contribution in [1.29, 1.82) is 0 Å². The van der Waals surface area contributed by atoms with E-state index >= 15 is 0 Å². The molecule has 0 aliphatic carbocycles. The molecule has 0 aliphatic heterocycles. The van der Waals surface area contributed by atoms with Crippen molar-refractivity contribution in [1.82, 2.24) is 0 Å². The molecule has 1 aromatic carbocycles. The van der Waals surface area contributed by atoms with Crippen molar-refractivity contribution < 1.29 is 14.3 Å². The highest BCUT2D eigenvalue weighted by atomic mass is 19.1. The van der Waals surface area contributed by atoms with E-state index in [-0.39, 0.29) is 18.8 Å². The Labute approximate surface area is 94.1 Å². The van der Waals surface area contributed by atoms with E-state index in [1.807, 2.05) is 6.07 Å². The number of carboxylic acid groups (broad SMARTS) is 1. The minimum absolute atomic E-state index is 0.132. The van der Waals surface area contributed by atoms with Crippen LogP contribution in [0, 0.1) is 19.7 Å². The summed E-state index contributed by atoms with van der Waals surface area (Å²) in [6, 6.07) is 3.25. The van der Waals surface area contributed by atoms with E-state index in [0.717, 1.165) is 11.1 Å². The number of halogens is 1. The first-order chi connectivity index (χ1) is 7.45. The third kappa shape index (κ3) is 2.79. The quantitative estimate of drug-likeness (QED) is 0.823. The second kappa shape index (κ2) is 5.07. The molecule has 16 heavy (non-hydrogen) atoms. The van der Waals surface area contributed by atoms with E-state index in [4.69, 9.17) is 10.8 Å². The predicted molar refractivity (Wildman–Crippen MR) is 59.9 cm³/mol. The van der Waals surface area contributed by atoms with Gasteiger partial charge in [-0.3, -0.25) is 4.79 Å². The Kier molecular flexibility index (Phi) is 4.01. The fourth-order valence-electron chi connectivity index (χ4n) is 1.96. The summed E-state index contributed by atoms with van der Waals surface area (Å²) in [6.07, 6.45) is -0.142. The van der Waals surface area contributed by atoms with Crippen LogP contribution < -0.4 is 5.73 Å². The Morgan fingerprint density at radius 2 is 2.12 bits per heavy atom. The summed E-state index contributed by atoms with van der Waals surface area (Å²) >= 11 is 0. The molecule has 0 saturated carbocycles. The van der Waals surface area contributed by atoms with Crippen LogP contribution in [0.5, 0.6) is 0 Å². The van der Waals surface area contributed by atoms with Crippen LogP contribution in [0.25, 0.3) is 0 Å². The summed E-state index contributed by atoms with van der Waals surface area (Å²) in [6.45, 7) is 3.71. The zero-order valence-electron chi connectivity index (χ0n) is 9.46. The number of carboxylic acids is 1. The van der Waals surface area contributed by atoms with Crippen LogP contribution in [-0.2, 0) is 4.79 Å². The zero-order valence-corrected chi connectivity index (χ0v) is 9.46. The first kappa shape index (κ1) is 12.6. The van der Waals surface area contributed by atoms with Gasteiger partial charge in [0.05, 0.1) is 6.42 Å². The lowest BCUT2D eigenvalue weighted by Gasteiger charge is -2.17. The largest absolute Gasteiger partial charge is 0.481 e. The predicted octanol–water partition coefficient (Wildman–Crippen LogP) is 1.96.